The molecule has 0 saturated heterocycles. The standard InChI is InChI=1S/C11H28O4Si2/c1-16(2)8-6-7-11(14,10(13)9-12)15-17(3,4)5/h10,12-14,16H,6-9H2,1-5H3. The molecule has 0 aliphatic heterocycles. The molecule has 3 N–H and O–H groups in total. The molecule has 0 aromatic carbocycles. The zero-order valence-electron chi connectivity index (χ0n) is 11.7. The van der Waals surface area contributed by atoms with Gasteiger partial charge in [0.15, 0.2) is 14.1 Å². The minimum atomic E-state index is -1.96. The molecule has 0 amide bonds. The molecule has 0 radical (unpaired) electrons. The zero-order chi connectivity index (χ0) is 13.7. The highest BCUT2D eigenvalue weighted by atomic mass is 28.4. The Morgan fingerprint density at radius 3 is 2.18 bits per heavy atom. The van der Waals surface area contributed by atoms with Crippen LogP contribution in [0.2, 0.25) is 38.8 Å². The lowest BCUT2D eigenvalue weighted by Crippen LogP contribution is -2.52. The Morgan fingerprint density at radius 1 is 1.29 bits per heavy atom. The van der Waals surface area contributed by atoms with Crippen molar-refractivity contribution in [1.82, 2.24) is 0 Å². The van der Waals surface area contributed by atoms with Crippen LogP contribution >= 0.6 is 0 Å². The highest BCUT2D eigenvalue weighted by Gasteiger charge is 2.39. The number of aliphatic hydroxyl groups is 3. The average molecular weight is 281 g/mol. The zero-order valence-corrected chi connectivity index (χ0v) is 13.9. The highest BCUT2D eigenvalue weighted by molar-refractivity contribution is 6.69. The maximum absolute atomic E-state index is 10.3. The van der Waals surface area contributed by atoms with Crippen molar-refractivity contribution in [3.05, 3.63) is 0 Å². The van der Waals surface area contributed by atoms with Gasteiger partial charge in [-0.05, 0) is 19.6 Å². The molecule has 0 aliphatic rings. The molecule has 2 unspecified atom stereocenters. The maximum Gasteiger partial charge on any atom is 0.187 e. The number of hydrogen-bond donors (Lipinski definition) is 3. The van der Waals surface area contributed by atoms with Crippen molar-refractivity contribution in [3.8, 4) is 0 Å². The smallest absolute Gasteiger partial charge is 0.187 e. The van der Waals surface area contributed by atoms with Crippen molar-refractivity contribution in [1.29, 1.82) is 0 Å². The number of hydrogen-bond acceptors (Lipinski definition) is 4. The van der Waals surface area contributed by atoms with Crippen molar-refractivity contribution < 1.29 is 19.7 Å². The SMILES string of the molecule is C[SiH](C)CCCC(O)(O[Si](C)(C)C)C(O)CO. The van der Waals surface area contributed by atoms with Crippen molar-refractivity contribution in [3.63, 3.8) is 0 Å². The molecule has 0 aliphatic carbocycles. The molecule has 0 spiro atoms. The first-order valence-corrected chi connectivity index (χ1v) is 12.9. The Labute approximate surface area is 107 Å². The molecule has 0 rings (SSSR count). The van der Waals surface area contributed by atoms with Crippen molar-refractivity contribution in [2.75, 3.05) is 6.61 Å². The van der Waals surface area contributed by atoms with Gasteiger partial charge in [-0.3, -0.25) is 0 Å². The van der Waals surface area contributed by atoms with E-state index in [1.54, 1.807) is 0 Å². The van der Waals surface area contributed by atoms with E-state index in [9.17, 15) is 10.2 Å². The third-order valence-corrected chi connectivity index (χ3v) is 5.02. The summed E-state index contributed by atoms with van der Waals surface area (Å²) < 4.78 is 5.66. The van der Waals surface area contributed by atoms with Crippen LogP contribution in [0.5, 0.6) is 0 Å². The molecule has 4 nitrogen and oxygen atoms in total. The molecule has 17 heavy (non-hydrogen) atoms. The van der Waals surface area contributed by atoms with Gasteiger partial charge in [0.2, 0.25) is 0 Å². The second-order valence-electron chi connectivity index (χ2n) is 6.04. The minimum absolute atomic E-state index is 0.393. The molecular weight excluding hydrogens is 252 g/mol. The van der Waals surface area contributed by atoms with Gasteiger partial charge in [0.1, 0.15) is 6.10 Å². The van der Waals surface area contributed by atoms with Gasteiger partial charge in [-0.15, -0.1) is 0 Å². The molecule has 0 bridgehead atoms. The van der Waals surface area contributed by atoms with Crippen LogP contribution in [-0.4, -0.2) is 50.9 Å². The van der Waals surface area contributed by atoms with E-state index in [1.165, 1.54) is 0 Å². The summed E-state index contributed by atoms with van der Waals surface area (Å²) in [4.78, 5) is 0. The summed E-state index contributed by atoms with van der Waals surface area (Å²) in [5, 5.41) is 29.1. The first-order chi connectivity index (χ1) is 7.60. The van der Waals surface area contributed by atoms with Crippen molar-refractivity contribution >= 4 is 17.1 Å². The second-order valence-corrected chi connectivity index (χ2v) is 13.8. The van der Waals surface area contributed by atoms with Gasteiger partial charge < -0.3 is 19.7 Å². The van der Waals surface area contributed by atoms with Crippen molar-refractivity contribution in [2.24, 2.45) is 0 Å². The number of rotatable bonds is 8. The van der Waals surface area contributed by atoms with Crippen LogP contribution in [0, 0.1) is 0 Å². The Morgan fingerprint density at radius 2 is 1.82 bits per heavy atom. The van der Waals surface area contributed by atoms with Gasteiger partial charge in [0.25, 0.3) is 0 Å². The van der Waals surface area contributed by atoms with Crippen LogP contribution in [0.25, 0.3) is 0 Å². The van der Waals surface area contributed by atoms with Gasteiger partial charge >= 0.3 is 0 Å². The maximum atomic E-state index is 10.3. The molecule has 0 saturated carbocycles. The summed E-state index contributed by atoms with van der Waals surface area (Å²) >= 11 is 0. The van der Waals surface area contributed by atoms with Gasteiger partial charge in [-0.1, -0.05) is 25.6 Å². The first-order valence-electron chi connectivity index (χ1n) is 6.32. The summed E-state index contributed by atoms with van der Waals surface area (Å²) in [7, 11) is -2.61. The van der Waals surface area contributed by atoms with Crippen LogP contribution < -0.4 is 0 Å². The Bertz CT molecular complexity index is 218. The molecule has 104 valence electrons. The number of aliphatic hydroxyl groups excluding tert-OH is 2. The fourth-order valence-corrected chi connectivity index (χ4v) is 4.04. The summed E-state index contributed by atoms with van der Waals surface area (Å²) in [6, 6.07) is 1.11. The van der Waals surface area contributed by atoms with Crippen LogP contribution in [-0.2, 0) is 4.43 Å². The third kappa shape index (κ3) is 7.33. The largest absolute Gasteiger partial charge is 0.393 e. The van der Waals surface area contributed by atoms with Crippen molar-refractivity contribution in [2.45, 2.75) is 63.5 Å². The summed E-state index contributed by atoms with van der Waals surface area (Å²) in [6.45, 7) is 9.90. The van der Waals surface area contributed by atoms with E-state index in [-0.39, 0.29) is 0 Å². The van der Waals surface area contributed by atoms with Gasteiger partial charge in [0.05, 0.1) is 6.61 Å². The molecule has 0 fully saturated rings. The molecular formula is C11H28O4Si2. The van der Waals surface area contributed by atoms with E-state index in [0.717, 1.165) is 12.5 Å². The molecule has 2 atom stereocenters. The van der Waals surface area contributed by atoms with E-state index < -0.39 is 35.6 Å². The van der Waals surface area contributed by atoms with Crippen LogP contribution in [0.3, 0.4) is 0 Å². The Kier molecular flexibility index (Phi) is 7.12. The summed E-state index contributed by atoms with van der Waals surface area (Å²) in [6.07, 6.45) is 0.00888. The minimum Gasteiger partial charge on any atom is -0.393 e. The van der Waals surface area contributed by atoms with Crippen LogP contribution in [0.15, 0.2) is 0 Å². The van der Waals surface area contributed by atoms with Gasteiger partial charge in [-0.2, -0.15) is 0 Å². The fraction of sp³-hybridized carbons (Fsp3) is 1.00. The lowest BCUT2D eigenvalue weighted by Gasteiger charge is -2.37. The average Bonchev–Trinajstić information content (AvgIpc) is 2.12. The normalized spacial score (nSPS) is 18.2. The third-order valence-electron chi connectivity index (χ3n) is 2.49. The predicted molar refractivity (Wildman–Crippen MR) is 75.4 cm³/mol. The van der Waals surface area contributed by atoms with E-state index in [0.29, 0.717) is 6.42 Å². The lowest BCUT2D eigenvalue weighted by atomic mass is 10.1. The molecule has 0 heterocycles. The lowest BCUT2D eigenvalue weighted by molar-refractivity contribution is -0.223. The molecule has 0 aromatic heterocycles. The monoisotopic (exact) mass is 280 g/mol. The van der Waals surface area contributed by atoms with Gasteiger partial charge in [-0.25, -0.2) is 0 Å². The Balaban J connectivity index is 4.51. The first kappa shape index (κ1) is 17.3. The van der Waals surface area contributed by atoms with E-state index >= 15 is 0 Å². The second kappa shape index (κ2) is 7.01. The molecule has 6 heteroatoms. The van der Waals surface area contributed by atoms with Gasteiger partial charge in [0, 0.05) is 15.2 Å². The molecule has 0 aromatic rings. The van der Waals surface area contributed by atoms with E-state index in [1.807, 2.05) is 19.6 Å². The predicted octanol–water partition coefficient (Wildman–Crippen LogP) is 1.15. The van der Waals surface area contributed by atoms with Crippen LogP contribution in [0.4, 0.5) is 0 Å². The quantitative estimate of drug-likeness (QED) is 0.461. The summed E-state index contributed by atoms with van der Waals surface area (Å²) in [5.41, 5.74) is 0. The Hall–Kier alpha value is 0.274. The van der Waals surface area contributed by atoms with E-state index in [2.05, 4.69) is 13.1 Å². The topological polar surface area (TPSA) is 69.9 Å². The van der Waals surface area contributed by atoms with Crippen LogP contribution in [0.1, 0.15) is 12.8 Å². The summed E-state index contributed by atoms with van der Waals surface area (Å²) in [5.74, 6) is -1.58. The highest BCUT2D eigenvalue weighted by Crippen LogP contribution is 2.25. The fourth-order valence-electron chi connectivity index (χ4n) is 1.72. The van der Waals surface area contributed by atoms with E-state index in [4.69, 9.17) is 9.53 Å².